The second-order valence-electron chi connectivity index (χ2n) is 5.05. The van der Waals surface area contributed by atoms with Gasteiger partial charge in [0.2, 0.25) is 0 Å². The Morgan fingerprint density at radius 3 is 2.68 bits per heavy atom. The fourth-order valence-electron chi connectivity index (χ4n) is 2.04. The second-order valence-corrected chi connectivity index (χ2v) is 6.22. The Kier molecular flexibility index (Phi) is 6.49. The van der Waals surface area contributed by atoms with Gasteiger partial charge in [0.25, 0.3) is 5.91 Å². The summed E-state index contributed by atoms with van der Waals surface area (Å²) in [4.78, 5) is 13.3. The molecule has 4 heteroatoms. The fraction of sp³-hybridized carbons (Fsp3) is 0.278. The van der Waals surface area contributed by atoms with Gasteiger partial charge >= 0.3 is 0 Å². The number of amides is 1. The van der Waals surface area contributed by atoms with E-state index in [0.717, 1.165) is 11.3 Å². The third-order valence-electron chi connectivity index (χ3n) is 3.18. The quantitative estimate of drug-likeness (QED) is 0.626. The van der Waals surface area contributed by atoms with Crippen molar-refractivity contribution in [2.45, 2.75) is 18.4 Å². The molecule has 2 aromatic rings. The van der Waals surface area contributed by atoms with Crippen molar-refractivity contribution in [2.24, 2.45) is 0 Å². The number of carbonyl (C=O) groups is 1. The maximum atomic E-state index is 12.1. The minimum Gasteiger partial charge on any atom is -0.380 e. The van der Waals surface area contributed by atoms with Gasteiger partial charge in [-0.15, -0.1) is 11.8 Å². The summed E-state index contributed by atoms with van der Waals surface area (Å²) in [6, 6.07) is 15.9. The molecular weight excluding hydrogens is 294 g/mol. The molecule has 2 aromatic carbocycles. The Morgan fingerprint density at radius 2 is 1.95 bits per heavy atom. The number of thioether (sulfide) groups is 1. The number of ether oxygens (including phenoxy) is 1. The lowest BCUT2D eigenvalue weighted by Crippen LogP contribution is -2.25. The molecule has 0 saturated carbocycles. The molecule has 0 heterocycles. The normalized spacial score (nSPS) is 10.5. The molecule has 0 fully saturated rings. The Morgan fingerprint density at radius 1 is 1.18 bits per heavy atom. The van der Waals surface area contributed by atoms with Crippen LogP contribution in [0.25, 0.3) is 0 Å². The van der Waals surface area contributed by atoms with Crippen molar-refractivity contribution in [3.05, 3.63) is 65.2 Å². The monoisotopic (exact) mass is 315 g/mol. The maximum Gasteiger partial charge on any atom is 0.251 e. The highest BCUT2D eigenvalue weighted by Gasteiger charge is 2.05. The van der Waals surface area contributed by atoms with Gasteiger partial charge in [-0.1, -0.05) is 29.8 Å². The van der Waals surface area contributed by atoms with Gasteiger partial charge in [0, 0.05) is 29.9 Å². The molecule has 0 saturated heterocycles. The number of aryl methyl sites for hydroxylation is 1. The number of nitrogens with one attached hydrogen (secondary N) is 1. The molecule has 0 aliphatic rings. The van der Waals surface area contributed by atoms with Gasteiger partial charge in [-0.3, -0.25) is 4.79 Å². The number of benzene rings is 2. The molecule has 0 atom stereocenters. The largest absolute Gasteiger partial charge is 0.380 e. The van der Waals surface area contributed by atoms with Crippen molar-refractivity contribution >= 4 is 17.7 Å². The third kappa shape index (κ3) is 5.20. The molecule has 3 nitrogen and oxygen atoms in total. The summed E-state index contributed by atoms with van der Waals surface area (Å²) >= 11 is 1.74. The first-order valence-electron chi connectivity index (χ1n) is 7.24. The SMILES string of the molecule is COCc1cccc(C(=O)NCCSc2ccc(C)cc2)c1. The number of carbonyl (C=O) groups excluding carboxylic acids is 1. The molecule has 0 spiro atoms. The predicted octanol–water partition coefficient (Wildman–Crippen LogP) is 3.66. The molecule has 116 valence electrons. The van der Waals surface area contributed by atoms with Gasteiger partial charge in [-0.05, 0) is 36.8 Å². The first-order valence-corrected chi connectivity index (χ1v) is 8.23. The molecule has 0 aliphatic carbocycles. The van der Waals surface area contributed by atoms with Crippen molar-refractivity contribution in [1.82, 2.24) is 5.32 Å². The standard InChI is InChI=1S/C18H21NO2S/c1-14-6-8-17(9-7-14)22-11-10-19-18(20)16-5-3-4-15(12-16)13-21-2/h3-9,12H,10-11,13H2,1-2H3,(H,19,20). The van der Waals surface area contributed by atoms with E-state index in [2.05, 4.69) is 36.5 Å². The van der Waals surface area contributed by atoms with E-state index in [9.17, 15) is 4.79 Å². The Hall–Kier alpha value is -1.78. The zero-order chi connectivity index (χ0) is 15.8. The van der Waals surface area contributed by atoms with Crippen molar-refractivity contribution in [1.29, 1.82) is 0 Å². The second kappa shape index (κ2) is 8.61. The Bertz CT molecular complexity index is 611. The molecule has 1 amide bonds. The highest BCUT2D eigenvalue weighted by molar-refractivity contribution is 7.99. The molecule has 0 radical (unpaired) electrons. The maximum absolute atomic E-state index is 12.1. The molecule has 0 unspecified atom stereocenters. The van der Waals surface area contributed by atoms with Crippen LogP contribution in [0.2, 0.25) is 0 Å². The molecule has 0 aromatic heterocycles. The van der Waals surface area contributed by atoms with E-state index in [1.165, 1.54) is 10.5 Å². The van der Waals surface area contributed by atoms with E-state index >= 15 is 0 Å². The van der Waals surface area contributed by atoms with E-state index in [4.69, 9.17) is 4.74 Å². The van der Waals surface area contributed by atoms with Gasteiger partial charge in [0.15, 0.2) is 0 Å². The van der Waals surface area contributed by atoms with Crippen LogP contribution in [0.5, 0.6) is 0 Å². The van der Waals surface area contributed by atoms with Crippen LogP contribution in [0, 0.1) is 6.92 Å². The smallest absolute Gasteiger partial charge is 0.251 e. The minimum atomic E-state index is -0.0394. The van der Waals surface area contributed by atoms with Gasteiger partial charge in [0.1, 0.15) is 0 Å². The minimum absolute atomic E-state index is 0.0394. The predicted molar refractivity (Wildman–Crippen MR) is 91.4 cm³/mol. The van der Waals surface area contributed by atoms with E-state index in [1.54, 1.807) is 18.9 Å². The molecule has 22 heavy (non-hydrogen) atoms. The van der Waals surface area contributed by atoms with Crippen molar-refractivity contribution in [3.8, 4) is 0 Å². The van der Waals surface area contributed by atoms with Crippen molar-refractivity contribution in [3.63, 3.8) is 0 Å². The van der Waals surface area contributed by atoms with Crippen LogP contribution in [-0.4, -0.2) is 25.3 Å². The van der Waals surface area contributed by atoms with Crippen LogP contribution in [0.15, 0.2) is 53.4 Å². The van der Waals surface area contributed by atoms with Gasteiger partial charge in [-0.25, -0.2) is 0 Å². The highest BCUT2D eigenvalue weighted by atomic mass is 32.2. The molecular formula is C18H21NO2S. The lowest BCUT2D eigenvalue weighted by Gasteiger charge is -2.07. The van der Waals surface area contributed by atoms with Crippen molar-refractivity contribution in [2.75, 3.05) is 19.4 Å². The highest BCUT2D eigenvalue weighted by Crippen LogP contribution is 2.17. The van der Waals surface area contributed by atoms with Crippen LogP contribution in [0.4, 0.5) is 0 Å². The third-order valence-corrected chi connectivity index (χ3v) is 4.19. The lowest BCUT2D eigenvalue weighted by atomic mass is 10.1. The molecule has 0 aliphatic heterocycles. The average Bonchev–Trinajstić information content (AvgIpc) is 2.53. The molecule has 1 N–H and O–H groups in total. The number of hydrogen-bond donors (Lipinski definition) is 1. The summed E-state index contributed by atoms with van der Waals surface area (Å²) < 4.78 is 5.08. The van der Waals surface area contributed by atoms with Gasteiger partial charge < -0.3 is 10.1 Å². The number of hydrogen-bond acceptors (Lipinski definition) is 3. The van der Waals surface area contributed by atoms with Crippen LogP contribution in [-0.2, 0) is 11.3 Å². The Balaban J connectivity index is 1.77. The fourth-order valence-corrected chi connectivity index (χ4v) is 2.81. The number of rotatable bonds is 7. The Labute approximate surface area is 136 Å². The molecule has 2 rings (SSSR count). The number of methoxy groups -OCH3 is 1. The zero-order valence-corrected chi connectivity index (χ0v) is 13.8. The summed E-state index contributed by atoms with van der Waals surface area (Å²) in [5, 5.41) is 2.95. The molecule has 0 bridgehead atoms. The van der Waals surface area contributed by atoms with E-state index in [0.29, 0.717) is 18.7 Å². The van der Waals surface area contributed by atoms with Crippen LogP contribution in [0.1, 0.15) is 21.5 Å². The zero-order valence-electron chi connectivity index (χ0n) is 13.0. The van der Waals surface area contributed by atoms with Crippen molar-refractivity contribution < 1.29 is 9.53 Å². The van der Waals surface area contributed by atoms with Crippen LogP contribution < -0.4 is 5.32 Å². The first kappa shape index (κ1) is 16.6. The van der Waals surface area contributed by atoms with E-state index in [1.807, 2.05) is 24.3 Å². The summed E-state index contributed by atoms with van der Waals surface area (Å²) in [5.41, 5.74) is 2.94. The average molecular weight is 315 g/mol. The summed E-state index contributed by atoms with van der Waals surface area (Å²) in [6.07, 6.45) is 0. The van der Waals surface area contributed by atoms with E-state index < -0.39 is 0 Å². The van der Waals surface area contributed by atoms with Gasteiger partial charge in [-0.2, -0.15) is 0 Å². The van der Waals surface area contributed by atoms with Crippen LogP contribution in [0.3, 0.4) is 0 Å². The topological polar surface area (TPSA) is 38.3 Å². The first-order chi connectivity index (χ1) is 10.7. The summed E-state index contributed by atoms with van der Waals surface area (Å²) in [6.45, 7) is 3.24. The summed E-state index contributed by atoms with van der Waals surface area (Å²) in [5.74, 6) is 0.814. The van der Waals surface area contributed by atoms with Crippen LogP contribution >= 0.6 is 11.8 Å². The van der Waals surface area contributed by atoms with Gasteiger partial charge in [0.05, 0.1) is 6.61 Å². The summed E-state index contributed by atoms with van der Waals surface area (Å²) in [7, 11) is 1.65. The lowest BCUT2D eigenvalue weighted by molar-refractivity contribution is 0.0956. The van der Waals surface area contributed by atoms with E-state index in [-0.39, 0.29) is 5.91 Å².